The zero-order valence-electron chi connectivity index (χ0n) is 18.2. The van der Waals surface area contributed by atoms with Crippen LogP contribution in [0.5, 0.6) is 5.88 Å². The van der Waals surface area contributed by atoms with Crippen molar-refractivity contribution in [3.05, 3.63) is 59.9 Å². The second kappa shape index (κ2) is 11.4. The minimum absolute atomic E-state index is 0.0286. The Hall–Kier alpha value is -2.64. The van der Waals surface area contributed by atoms with Gasteiger partial charge in [0.05, 0.1) is 23.1 Å². The van der Waals surface area contributed by atoms with Crippen LogP contribution in [-0.4, -0.2) is 33.2 Å². The molecule has 7 heteroatoms. The molecule has 1 atom stereocenters. The highest BCUT2D eigenvalue weighted by Gasteiger charge is 2.17. The molecular formula is C22H35N5O2. The monoisotopic (exact) mass is 401 g/mol. The van der Waals surface area contributed by atoms with Crippen molar-refractivity contribution in [3.8, 4) is 5.88 Å². The van der Waals surface area contributed by atoms with Crippen LogP contribution in [-0.2, 0) is 0 Å². The van der Waals surface area contributed by atoms with Gasteiger partial charge >= 0.3 is 0 Å². The maximum absolute atomic E-state index is 9.95. The average Bonchev–Trinajstić information content (AvgIpc) is 2.62. The SMILES string of the molecule is C=C/C=C\c1ncc(C(C)O)c(OC/C=C(N)\C(=C/CC)N(N)CC(C)(C)C)n1. The van der Waals surface area contributed by atoms with Gasteiger partial charge in [-0.15, -0.1) is 0 Å². The minimum atomic E-state index is -0.759. The second-order valence-corrected chi connectivity index (χ2v) is 7.92. The number of rotatable bonds is 10. The number of nitrogens with zero attached hydrogens (tertiary/aromatic N) is 3. The van der Waals surface area contributed by atoms with E-state index in [0.717, 1.165) is 12.1 Å². The van der Waals surface area contributed by atoms with Crippen molar-refractivity contribution in [2.24, 2.45) is 17.0 Å². The average molecular weight is 402 g/mol. The molecule has 0 aromatic carbocycles. The maximum atomic E-state index is 9.95. The summed E-state index contributed by atoms with van der Waals surface area (Å²) in [7, 11) is 0. The third kappa shape index (κ3) is 8.50. The molecule has 0 aliphatic carbocycles. The molecule has 1 unspecified atom stereocenters. The van der Waals surface area contributed by atoms with E-state index in [9.17, 15) is 5.11 Å². The molecule has 1 heterocycles. The Labute approximate surface area is 174 Å². The summed E-state index contributed by atoms with van der Waals surface area (Å²) in [5, 5.41) is 11.6. The number of nitrogens with two attached hydrogens (primary N) is 2. The number of aliphatic hydroxyl groups excluding tert-OH is 1. The molecule has 0 aliphatic heterocycles. The van der Waals surface area contributed by atoms with Crippen molar-refractivity contribution in [2.45, 2.75) is 47.1 Å². The predicted octanol–water partition coefficient (Wildman–Crippen LogP) is 3.47. The first-order valence-corrected chi connectivity index (χ1v) is 9.74. The van der Waals surface area contributed by atoms with E-state index in [4.69, 9.17) is 16.3 Å². The molecule has 0 bridgehead atoms. The summed E-state index contributed by atoms with van der Waals surface area (Å²) in [4.78, 5) is 8.54. The Bertz CT molecular complexity index is 761. The lowest BCUT2D eigenvalue weighted by molar-refractivity contribution is 0.190. The van der Waals surface area contributed by atoms with E-state index in [2.05, 4.69) is 37.3 Å². The highest BCUT2D eigenvalue weighted by molar-refractivity contribution is 5.44. The summed E-state index contributed by atoms with van der Waals surface area (Å²) in [6.45, 7) is 14.5. The Morgan fingerprint density at radius 2 is 2.07 bits per heavy atom. The summed E-state index contributed by atoms with van der Waals surface area (Å²) in [5.41, 5.74) is 8.09. The van der Waals surface area contributed by atoms with Gasteiger partial charge in [0, 0.05) is 12.7 Å². The molecule has 7 nitrogen and oxygen atoms in total. The van der Waals surface area contributed by atoms with Gasteiger partial charge in [-0.05, 0) is 30.9 Å². The fourth-order valence-electron chi connectivity index (χ4n) is 2.53. The number of allylic oxidation sites excluding steroid dienone is 3. The predicted molar refractivity (Wildman–Crippen MR) is 118 cm³/mol. The van der Waals surface area contributed by atoms with Gasteiger partial charge in [0.1, 0.15) is 6.61 Å². The Balaban J connectivity index is 3.00. The van der Waals surface area contributed by atoms with Crippen LogP contribution in [0, 0.1) is 5.41 Å². The van der Waals surface area contributed by atoms with Gasteiger partial charge in [0.15, 0.2) is 5.82 Å². The smallest absolute Gasteiger partial charge is 0.223 e. The van der Waals surface area contributed by atoms with E-state index < -0.39 is 6.10 Å². The highest BCUT2D eigenvalue weighted by atomic mass is 16.5. The Kier molecular flexibility index (Phi) is 9.58. The summed E-state index contributed by atoms with van der Waals surface area (Å²) >= 11 is 0. The summed E-state index contributed by atoms with van der Waals surface area (Å²) in [6, 6.07) is 0. The maximum Gasteiger partial charge on any atom is 0.223 e. The van der Waals surface area contributed by atoms with Gasteiger partial charge < -0.3 is 20.6 Å². The topological polar surface area (TPSA) is 111 Å². The zero-order valence-corrected chi connectivity index (χ0v) is 18.2. The van der Waals surface area contributed by atoms with Crippen molar-refractivity contribution >= 4 is 6.08 Å². The lowest BCUT2D eigenvalue weighted by atomic mass is 9.96. The molecule has 1 rings (SSSR count). The molecule has 0 spiro atoms. The first-order chi connectivity index (χ1) is 13.6. The third-order valence-corrected chi connectivity index (χ3v) is 3.80. The Morgan fingerprint density at radius 1 is 1.38 bits per heavy atom. The molecule has 0 fully saturated rings. The van der Waals surface area contributed by atoms with Crippen LogP contribution in [0.25, 0.3) is 6.08 Å². The molecule has 0 aliphatic rings. The van der Waals surface area contributed by atoms with E-state index >= 15 is 0 Å². The molecular weight excluding hydrogens is 366 g/mol. The molecule has 0 saturated carbocycles. The van der Waals surface area contributed by atoms with E-state index in [-0.39, 0.29) is 12.0 Å². The van der Waals surface area contributed by atoms with Crippen LogP contribution >= 0.6 is 0 Å². The molecule has 0 amide bonds. The molecule has 1 aromatic rings. The number of hydrogen-bond donors (Lipinski definition) is 3. The fraction of sp³-hybridized carbons (Fsp3) is 0.455. The van der Waals surface area contributed by atoms with E-state index in [1.54, 1.807) is 42.4 Å². The van der Waals surface area contributed by atoms with E-state index in [0.29, 0.717) is 29.5 Å². The molecule has 1 aromatic heterocycles. The number of aliphatic hydroxyl groups is 1. The van der Waals surface area contributed by atoms with Crippen LogP contribution < -0.4 is 16.3 Å². The van der Waals surface area contributed by atoms with Crippen molar-refractivity contribution in [1.29, 1.82) is 0 Å². The highest BCUT2D eigenvalue weighted by Crippen LogP contribution is 2.23. The van der Waals surface area contributed by atoms with Crippen molar-refractivity contribution < 1.29 is 9.84 Å². The number of hydrogen-bond acceptors (Lipinski definition) is 7. The summed E-state index contributed by atoms with van der Waals surface area (Å²) < 4.78 is 5.78. The Morgan fingerprint density at radius 3 is 2.62 bits per heavy atom. The molecule has 0 radical (unpaired) electrons. The first kappa shape index (κ1) is 24.4. The van der Waals surface area contributed by atoms with Gasteiger partial charge in [-0.25, -0.2) is 10.8 Å². The van der Waals surface area contributed by atoms with Gasteiger partial charge in [0.25, 0.3) is 0 Å². The zero-order chi connectivity index (χ0) is 22.0. The lowest BCUT2D eigenvalue weighted by Crippen LogP contribution is -2.39. The quantitative estimate of drug-likeness (QED) is 0.313. The van der Waals surface area contributed by atoms with Gasteiger partial charge in [-0.3, -0.25) is 0 Å². The van der Waals surface area contributed by atoms with E-state index in [1.165, 1.54) is 0 Å². The molecule has 29 heavy (non-hydrogen) atoms. The van der Waals surface area contributed by atoms with Crippen molar-refractivity contribution in [1.82, 2.24) is 15.0 Å². The second-order valence-electron chi connectivity index (χ2n) is 7.92. The molecule has 160 valence electrons. The largest absolute Gasteiger partial charge is 0.473 e. The third-order valence-electron chi connectivity index (χ3n) is 3.80. The first-order valence-electron chi connectivity index (χ1n) is 9.74. The van der Waals surface area contributed by atoms with Crippen LogP contribution in [0.15, 0.2) is 48.5 Å². The number of aromatic nitrogens is 2. The van der Waals surface area contributed by atoms with Crippen LogP contribution in [0.3, 0.4) is 0 Å². The van der Waals surface area contributed by atoms with Gasteiger partial charge in [-0.1, -0.05) is 52.5 Å². The number of hydrazine groups is 1. The minimum Gasteiger partial charge on any atom is -0.473 e. The standard InChI is InChI=1S/C22H35N5O2/c1-7-9-11-20-25-14-17(16(3)28)21(26-20)29-13-12-18(23)19(10-8-2)27(24)15-22(4,5)6/h7,9-12,14,16,28H,1,8,13,15,23-24H2,2-6H3/b11-9-,18-12+,19-10+. The van der Waals surface area contributed by atoms with Gasteiger partial charge in [-0.2, -0.15) is 4.98 Å². The van der Waals surface area contributed by atoms with E-state index in [1.807, 2.05) is 13.0 Å². The van der Waals surface area contributed by atoms with Crippen molar-refractivity contribution in [3.63, 3.8) is 0 Å². The van der Waals surface area contributed by atoms with Crippen LogP contribution in [0.2, 0.25) is 0 Å². The summed E-state index contributed by atoms with van der Waals surface area (Å²) in [6.07, 6.45) is 10.4. The van der Waals surface area contributed by atoms with Crippen LogP contribution in [0.4, 0.5) is 0 Å². The molecule has 5 N–H and O–H groups in total. The van der Waals surface area contributed by atoms with Gasteiger partial charge in [0.2, 0.25) is 5.88 Å². The lowest BCUT2D eigenvalue weighted by Gasteiger charge is -2.29. The number of ether oxygens (including phenoxy) is 1. The van der Waals surface area contributed by atoms with Crippen molar-refractivity contribution in [2.75, 3.05) is 13.2 Å². The van der Waals surface area contributed by atoms with Crippen LogP contribution in [0.1, 0.15) is 58.5 Å². The summed E-state index contributed by atoms with van der Waals surface area (Å²) in [5.74, 6) is 7.01. The normalized spacial score (nSPS) is 14.2. The fourth-order valence-corrected chi connectivity index (χ4v) is 2.53. The molecule has 0 saturated heterocycles.